The number of fused-ring (bicyclic) bond motifs is 9. The third kappa shape index (κ3) is 4.37. The summed E-state index contributed by atoms with van der Waals surface area (Å²) in [7, 11) is 0. The summed E-state index contributed by atoms with van der Waals surface area (Å²) in [6.45, 7) is 0. The van der Waals surface area contributed by atoms with Crippen LogP contribution in [0.25, 0.3) is 92.6 Å². The zero-order valence-electron chi connectivity index (χ0n) is 27.5. The first-order chi connectivity index (χ1) is 25.3. The Kier molecular flexibility index (Phi) is 6.18. The van der Waals surface area contributed by atoms with Crippen LogP contribution in [0.2, 0.25) is 0 Å². The molecule has 0 N–H and O–H groups in total. The second-order valence-electron chi connectivity index (χ2n) is 13.3. The summed E-state index contributed by atoms with van der Waals surface area (Å²) >= 11 is 1.86. The van der Waals surface area contributed by atoms with Gasteiger partial charge in [0, 0.05) is 42.7 Å². The quantitative estimate of drug-likeness (QED) is 0.187. The molecule has 0 radical (unpaired) electrons. The standard InChI is InChI=1S/C47H29N3S/c1-2-10-33-31(9-1)27-40-34(13-7-15-36(33)40)32-23-24-44-41(28-32)37-11-3-5-17-43(37)50(44)47-48-26-25-42(49-47)30-21-19-29(20-22-30)35-14-8-16-39-38-12-4-6-18-45(38)51-46(35)39/h1-26,28H,27H2. The fourth-order valence-electron chi connectivity index (χ4n) is 8.20. The number of benzene rings is 7. The van der Waals surface area contributed by atoms with Gasteiger partial charge in [-0.15, -0.1) is 11.3 Å². The average molecular weight is 668 g/mol. The van der Waals surface area contributed by atoms with Crippen LogP contribution in [-0.2, 0) is 6.42 Å². The van der Waals surface area contributed by atoms with E-state index in [0.717, 1.165) is 28.7 Å². The van der Waals surface area contributed by atoms with Crippen molar-refractivity contribution in [3.63, 3.8) is 0 Å². The number of hydrogen-bond donors (Lipinski definition) is 0. The van der Waals surface area contributed by atoms with Crippen molar-refractivity contribution in [3.8, 4) is 50.6 Å². The van der Waals surface area contributed by atoms with Crippen LogP contribution in [0.4, 0.5) is 0 Å². The minimum absolute atomic E-state index is 0.668. The zero-order chi connectivity index (χ0) is 33.5. The average Bonchev–Trinajstić information content (AvgIpc) is 3.87. The smallest absolute Gasteiger partial charge is 0.235 e. The highest BCUT2D eigenvalue weighted by atomic mass is 32.1. The predicted octanol–water partition coefficient (Wildman–Crippen LogP) is 12.5. The van der Waals surface area contributed by atoms with Crippen LogP contribution in [0.1, 0.15) is 11.1 Å². The fraction of sp³-hybridized carbons (Fsp3) is 0.0213. The van der Waals surface area contributed by atoms with E-state index in [2.05, 4.69) is 156 Å². The van der Waals surface area contributed by atoms with Gasteiger partial charge in [0.25, 0.3) is 0 Å². The van der Waals surface area contributed by atoms with E-state index in [9.17, 15) is 0 Å². The molecule has 3 nitrogen and oxygen atoms in total. The Bertz CT molecular complexity index is 3000. The van der Waals surface area contributed by atoms with E-state index in [1.54, 1.807) is 0 Å². The number of aromatic nitrogens is 3. The van der Waals surface area contributed by atoms with Crippen molar-refractivity contribution in [1.29, 1.82) is 0 Å². The molecule has 1 aliphatic rings. The van der Waals surface area contributed by atoms with Crippen molar-refractivity contribution < 1.29 is 0 Å². The van der Waals surface area contributed by atoms with Gasteiger partial charge in [0.1, 0.15) is 0 Å². The first-order valence-electron chi connectivity index (χ1n) is 17.4. The third-order valence-electron chi connectivity index (χ3n) is 10.6. The lowest BCUT2D eigenvalue weighted by molar-refractivity contribution is 0.992. The minimum atomic E-state index is 0.668. The fourth-order valence-corrected chi connectivity index (χ4v) is 9.43. The number of para-hydroxylation sites is 1. The summed E-state index contributed by atoms with van der Waals surface area (Å²) in [4.78, 5) is 10.0. The van der Waals surface area contributed by atoms with Gasteiger partial charge >= 0.3 is 0 Å². The van der Waals surface area contributed by atoms with Crippen LogP contribution < -0.4 is 0 Å². The Morgan fingerprint density at radius 1 is 0.490 bits per heavy atom. The summed E-state index contributed by atoms with van der Waals surface area (Å²) in [5.41, 5.74) is 14.7. The number of thiophene rings is 1. The van der Waals surface area contributed by atoms with Crippen molar-refractivity contribution in [2.75, 3.05) is 0 Å². The van der Waals surface area contributed by atoms with E-state index in [-0.39, 0.29) is 0 Å². The Balaban J connectivity index is 0.991. The summed E-state index contributed by atoms with van der Waals surface area (Å²) < 4.78 is 4.85. The monoisotopic (exact) mass is 667 g/mol. The molecule has 0 bridgehead atoms. The zero-order valence-corrected chi connectivity index (χ0v) is 28.4. The molecule has 4 heteroatoms. The van der Waals surface area contributed by atoms with Crippen LogP contribution in [0.15, 0.2) is 164 Å². The van der Waals surface area contributed by atoms with Crippen LogP contribution in [0.3, 0.4) is 0 Å². The van der Waals surface area contributed by atoms with Crippen molar-refractivity contribution in [3.05, 3.63) is 175 Å². The number of rotatable bonds is 4. The molecule has 0 saturated carbocycles. The Morgan fingerprint density at radius 2 is 1.18 bits per heavy atom. The molecular weight excluding hydrogens is 639 g/mol. The molecule has 0 unspecified atom stereocenters. The topological polar surface area (TPSA) is 30.7 Å². The van der Waals surface area contributed by atoms with E-state index >= 15 is 0 Å². The van der Waals surface area contributed by atoms with Gasteiger partial charge in [0.2, 0.25) is 5.95 Å². The minimum Gasteiger partial charge on any atom is -0.278 e. The first kappa shape index (κ1) is 28.5. The SMILES string of the molecule is c1ccc2c(c1)Cc1c(-c3ccc4c(c3)c3ccccc3n4-c3nccc(-c4ccc(-c5cccc6c5sc5ccccc56)cc4)n3)cccc1-2. The maximum atomic E-state index is 5.17. The lowest BCUT2D eigenvalue weighted by Crippen LogP contribution is -2.01. The molecule has 238 valence electrons. The van der Waals surface area contributed by atoms with Crippen molar-refractivity contribution >= 4 is 53.3 Å². The van der Waals surface area contributed by atoms with Crippen molar-refractivity contribution in [1.82, 2.24) is 14.5 Å². The molecule has 0 saturated heterocycles. The van der Waals surface area contributed by atoms with Gasteiger partial charge in [-0.25, -0.2) is 9.97 Å². The highest BCUT2D eigenvalue weighted by Crippen LogP contribution is 2.43. The van der Waals surface area contributed by atoms with Gasteiger partial charge in [0.15, 0.2) is 0 Å². The van der Waals surface area contributed by atoms with E-state index in [1.807, 2.05) is 23.6 Å². The van der Waals surface area contributed by atoms with Crippen LogP contribution in [-0.4, -0.2) is 14.5 Å². The lowest BCUT2D eigenvalue weighted by Gasteiger charge is -2.11. The Morgan fingerprint density at radius 3 is 2.12 bits per heavy atom. The summed E-state index contributed by atoms with van der Waals surface area (Å²) in [5, 5.41) is 5.03. The predicted molar refractivity (Wildman–Crippen MR) is 214 cm³/mol. The molecule has 0 spiro atoms. The Labute approximate surface area is 298 Å². The molecule has 7 aromatic carbocycles. The number of nitrogens with zero attached hydrogens (tertiary/aromatic N) is 3. The second kappa shape index (κ2) is 11.1. The molecule has 51 heavy (non-hydrogen) atoms. The van der Waals surface area contributed by atoms with Gasteiger partial charge in [-0.05, 0) is 81.3 Å². The number of hydrogen-bond acceptors (Lipinski definition) is 3. The summed E-state index contributed by atoms with van der Waals surface area (Å²) in [5.74, 6) is 0.668. The summed E-state index contributed by atoms with van der Waals surface area (Å²) in [6, 6.07) is 57.1. The van der Waals surface area contributed by atoms with Gasteiger partial charge in [-0.3, -0.25) is 4.57 Å². The van der Waals surface area contributed by atoms with Crippen LogP contribution in [0.5, 0.6) is 0 Å². The maximum Gasteiger partial charge on any atom is 0.235 e. The van der Waals surface area contributed by atoms with Crippen LogP contribution in [0, 0.1) is 0 Å². The molecular formula is C47H29N3S. The highest BCUT2D eigenvalue weighted by molar-refractivity contribution is 7.26. The third-order valence-corrected chi connectivity index (χ3v) is 11.8. The molecule has 1 aliphatic carbocycles. The van der Waals surface area contributed by atoms with E-state index in [0.29, 0.717) is 5.95 Å². The lowest BCUT2D eigenvalue weighted by atomic mass is 9.95. The largest absolute Gasteiger partial charge is 0.278 e. The molecule has 3 aromatic heterocycles. The van der Waals surface area contributed by atoms with E-state index in [4.69, 9.17) is 9.97 Å². The Hall–Kier alpha value is -6.36. The molecule has 10 aromatic rings. The molecule has 3 heterocycles. The molecule has 0 fully saturated rings. The second-order valence-corrected chi connectivity index (χ2v) is 14.4. The van der Waals surface area contributed by atoms with E-state index in [1.165, 1.54) is 75.5 Å². The van der Waals surface area contributed by atoms with Gasteiger partial charge in [-0.1, -0.05) is 127 Å². The molecule has 11 rings (SSSR count). The first-order valence-corrected chi connectivity index (χ1v) is 18.2. The van der Waals surface area contributed by atoms with Gasteiger partial charge in [-0.2, -0.15) is 0 Å². The van der Waals surface area contributed by atoms with Crippen LogP contribution >= 0.6 is 11.3 Å². The molecule has 0 amide bonds. The van der Waals surface area contributed by atoms with Gasteiger partial charge < -0.3 is 0 Å². The van der Waals surface area contributed by atoms with Crippen molar-refractivity contribution in [2.45, 2.75) is 6.42 Å². The maximum absolute atomic E-state index is 5.17. The highest BCUT2D eigenvalue weighted by Gasteiger charge is 2.22. The molecule has 0 aliphatic heterocycles. The van der Waals surface area contributed by atoms with E-state index < -0.39 is 0 Å². The van der Waals surface area contributed by atoms with Gasteiger partial charge in [0.05, 0.1) is 16.7 Å². The molecule has 0 atom stereocenters. The van der Waals surface area contributed by atoms with Crippen molar-refractivity contribution in [2.24, 2.45) is 0 Å². The normalized spacial score (nSPS) is 12.2. The summed E-state index contributed by atoms with van der Waals surface area (Å²) in [6.07, 6.45) is 2.84.